The molecule has 0 aliphatic rings. The van der Waals surface area contributed by atoms with E-state index in [1.54, 1.807) is 4.90 Å². The van der Waals surface area contributed by atoms with Crippen LogP contribution in [0.3, 0.4) is 0 Å². The maximum absolute atomic E-state index is 12.4. The van der Waals surface area contributed by atoms with Gasteiger partial charge in [0.1, 0.15) is 5.60 Å². The fourth-order valence-electron chi connectivity index (χ4n) is 2.14. The number of aliphatic hydroxyl groups is 1. The maximum atomic E-state index is 12.4. The van der Waals surface area contributed by atoms with Crippen molar-refractivity contribution >= 4 is 12.8 Å². The van der Waals surface area contributed by atoms with Gasteiger partial charge >= 0.3 is 6.09 Å². The molecule has 124 valence electrons. The summed E-state index contributed by atoms with van der Waals surface area (Å²) in [6.07, 6.45) is 2.30. The fourth-order valence-corrected chi connectivity index (χ4v) is 2.14. The molecule has 0 aliphatic heterocycles. The first-order chi connectivity index (χ1) is 9.75. The smallest absolute Gasteiger partial charge is 0.410 e. The second kappa shape index (κ2) is 9.77. The van der Waals surface area contributed by atoms with E-state index in [4.69, 9.17) is 4.74 Å². The van der Waals surface area contributed by atoms with Crippen molar-refractivity contribution in [3.63, 3.8) is 0 Å². The van der Waals surface area contributed by atoms with E-state index in [-0.39, 0.29) is 12.1 Å². The third kappa shape index (κ3) is 8.71. The molecule has 0 saturated heterocycles. The van der Waals surface area contributed by atoms with Gasteiger partial charge in [-0.1, -0.05) is 20.3 Å². The van der Waals surface area contributed by atoms with Crippen LogP contribution in [0.2, 0.25) is 0 Å². The molecule has 0 bridgehead atoms. The first-order valence-electron chi connectivity index (χ1n) is 7.85. The van der Waals surface area contributed by atoms with Crippen molar-refractivity contribution in [1.29, 1.82) is 0 Å². The van der Waals surface area contributed by atoms with Crippen molar-refractivity contribution < 1.29 is 14.6 Å². The quantitative estimate of drug-likeness (QED) is 0.665. The van der Waals surface area contributed by atoms with Gasteiger partial charge in [-0.25, -0.2) is 4.79 Å². The topological polar surface area (TPSA) is 62.1 Å². The summed E-state index contributed by atoms with van der Waals surface area (Å²) < 4.78 is 5.48. The van der Waals surface area contributed by atoms with Gasteiger partial charge in [0.2, 0.25) is 0 Å². The Kier molecular flexibility index (Phi) is 9.26. The molecule has 2 unspecified atom stereocenters. The Hall–Kier alpha value is -1.10. The van der Waals surface area contributed by atoms with Gasteiger partial charge in [0.05, 0.1) is 12.6 Å². The van der Waals surface area contributed by atoms with Crippen LogP contribution >= 0.6 is 0 Å². The van der Waals surface area contributed by atoms with Gasteiger partial charge in [-0.3, -0.25) is 4.99 Å². The summed E-state index contributed by atoms with van der Waals surface area (Å²) in [6, 6.07) is -0.0263. The first-order valence-corrected chi connectivity index (χ1v) is 7.85. The van der Waals surface area contributed by atoms with Crippen molar-refractivity contribution in [3.8, 4) is 0 Å². The van der Waals surface area contributed by atoms with Gasteiger partial charge in [0.15, 0.2) is 0 Å². The molecule has 1 amide bonds. The predicted molar refractivity (Wildman–Crippen MR) is 87.0 cm³/mol. The molecule has 1 N–H and O–H groups in total. The van der Waals surface area contributed by atoms with E-state index in [0.717, 1.165) is 12.8 Å². The van der Waals surface area contributed by atoms with E-state index in [9.17, 15) is 9.90 Å². The summed E-state index contributed by atoms with van der Waals surface area (Å²) in [7, 11) is 0. The zero-order valence-corrected chi connectivity index (χ0v) is 14.3. The molecule has 0 spiro atoms. The largest absolute Gasteiger partial charge is 0.444 e. The minimum absolute atomic E-state index is 0.0263. The lowest BCUT2D eigenvalue weighted by Gasteiger charge is -2.34. The molecule has 0 aromatic rings. The van der Waals surface area contributed by atoms with Crippen molar-refractivity contribution in [3.05, 3.63) is 0 Å². The molecule has 0 heterocycles. The van der Waals surface area contributed by atoms with Crippen molar-refractivity contribution in [2.75, 3.05) is 13.1 Å². The Balaban J connectivity index is 5.01. The van der Waals surface area contributed by atoms with Gasteiger partial charge in [0, 0.05) is 12.6 Å². The monoisotopic (exact) mass is 300 g/mol. The summed E-state index contributed by atoms with van der Waals surface area (Å²) in [4.78, 5) is 17.9. The normalized spacial score (nSPS) is 14.4. The number of carbonyl (C=O) groups is 1. The lowest BCUT2D eigenvalue weighted by atomic mass is 10.0. The highest BCUT2D eigenvalue weighted by molar-refractivity contribution is 5.68. The van der Waals surface area contributed by atoms with Crippen LogP contribution in [-0.2, 0) is 4.74 Å². The van der Waals surface area contributed by atoms with Crippen LogP contribution in [-0.4, -0.2) is 53.7 Å². The van der Waals surface area contributed by atoms with Crippen LogP contribution < -0.4 is 0 Å². The third-order valence-corrected chi connectivity index (χ3v) is 3.21. The Morgan fingerprint density at radius 1 is 1.38 bits per heavy atom. The molecule has 0 rings (SSSR count). The molecular weight excluding hydrogens is 268 g/mol. The Morgan fingerprint density at radius 3 is 2.43 bits per heavy atom. The van der Waals surface area contributed by atoms with Crippen LogP contribution in [0.25, 0.3) is 0 Å². The highest BCUT2D eigenvalue weighted by Crippen LogP contribution is 2.19. The summed E-state index contributed by atoms with van der Waals surface area (Å²) in [6.45, 7) is 14.0. The summed E-state index contributed by atoms with van der Waals surface area (Å²) in [5.74, 6) is 0. The van der Waals surface area contributed by atoms with Crippen LogP contribution in [0.5, 0.6) is 0 Å². The molecule has 0 aromatic carbocycles. The molecule has 0 saturated carbocycles. The minimum Gasteiger partial charge on any atom is -0.444 e. The minimum atomic E-state index is -0.531. The van der Waals surface area contributed by atoms with E-state index in [1.165, 1.54) is 0 Å². The number of hydrogen-bond donors (Lipinski definition) is 1. The Labute approximate surface area is 129 Å². The molecule has 0 aliphatic carbocycles. The van der Waals surface area contributed by atoms with E-state index < -0.39 is 11.7 Å². The lowest BCUT2D eigenvalue weighted by molar-refractivity contribution is 0.00931. The predicted octanol–water partition coefficient (Wildman–Crippen LogP) is 3.25. The maximum Gasteiger partial charge on any atom is 0.410 e. The van der Waals surface area contributed by atoms with Crippen molar-refractivity contribution in [2.24, 2.45) is 4.99 Å². The van der Waals surface area contributed by atoms with Gasteiger partial charge in [-0.2, -0.15) is 0 Å². The van der Waals surface area contributed by atoms with Gasteiger partial charge in [0.25, 0.3) is 0 Å². The van der Waals surface area contributed by atoms with E-state index in [2.05, 4.69) is 18.6 Å². The standard InChI is InChI=1S/C16H32N2O3/c1-7-9-13(12-14(19)8-2)18(11-10-17-6)15(20)21-16(3,4)5/h13-14,19H,6-12H2,1-5H3. The van der Waals surface area contributed by atoms with Gasteiger partial charge < -0.3 is 14.7 Å². The number of nitrogens with zero attached hydrogens (tertiary/aromatic N) is 2. The molecule has 2 atom stereocenters. The number of amides is 1. The van der Waals surface area contributed by atoms with Crippen LogP contribution in [0.4, 0.5) is 4.79 Å². The molecule has 5 heteroatoms. The third-order valence-electron chi connectivity index (χ3n) is 3.21. The molecule has 0 aromatic heterocycles. The highest BCUT2D eigenvalue weighted by Gasteiger charge is 2.28. The second-order valence-corrected chi connectivity index (χ2v) is 6.36. The Bertz CT molecular complexity index is 313. The van der Waals surface area contributed by atoms with Gasteiger partial charge in [-0.15, -0.1) is 0 Å². The number of ether oxygens (including phenoxy) is 1. The van der Waals surface area contributed by atoms with Crippen LogP contribution in [0.1, 0.15) is 60.3 Å². The molecule has 21 heavy (non-hydrogen) atoms. The average Bonchev–Trinajstić information content (AvgIpc) is 2.37. The zero-order chi connectivity index (χ0) is 16.5. The van der Waals surface area contributed by atoms with Gasteiger partial charge in [-0.05, 0) is 46.8 Å². The Morgan fingerprint density at radius 2 is 2.00 bits per heavy atom. The number of aliphatic imine (C=N–C) groups is 1. The summed E-state index contributed by atoms with van der Waals surface area (Å²) >= 11 is 0. The van der Waals surface area contributed by atoms with E-state index in [1.807, 2.05) is 27.7 Å². The molecule has 0 radical (unpaired) electrons. The SMILES string of the molecule is C=NCCN(C(=O)OC(C)(C)C)C(CCC)CC(O)CC. The van der Waals surface area contributed by atoms with Crippen molar-refractivity contribution in [2.45, 2.75) is 78.0 Å². The van der Waals surface area contributed by atoms with Crippen LogP contribution in [0.15, 0.2) is 4.99 Å². The number of carbonyl (C=O) groups excluding carboxylic acids is 1. The van der Waals surface area contributed by atoms with Crippen molar-refractivity contribution in [1.82, 2.24) is 4.90 Å². The fraction of sp³-hybridized carbons (Fsp3) is 0.875. The summed E-state index contributed by atoms with van der Waals surface area (Å²) in [5.41, 5.74) is -0.531. The highest BCUT2D eigenvalue weighted by atomic mass is 16.6. The van der Waals surface area contributed by atoms with Crippen LogP contribution in [0, 0.1) is 0 Å². The molecule has 0 fully saturated rings. The van der Waals surface area contributed by atoms with E-state index >= 15 is 0 Å². The average molecular weight is 300 g/mol. The first kappa shape index (κ1) is 19.9. The molecular formula is C16H32N2O3. The number of rotatable bonds is 9. The zero-order valence-electron chi connectivity index (χ0n) is 14.3. The number of hydrogen-bond acceptors (Lipinski definition) is 4. The lowest BCUT2D eigenvalue weighted by Crippen LogP contribution is -2.46. The van der Waals surface area contributed by atoms with E-state index in [0.29, 0.717) is 25.9 Å². The molecule has 5 nitrogen and oxygen atoms in total. The summed E-state index contributed by atoms with van der Waals surface area (Å²) in [5, 5.41) is 9.93. The second-order valence-electron chi connectivity index (χ2n) is 6.36. The number of aliphatic hydroxyl groups excluding tert-OH is 1.